The third kappa shape index (κ3) is 6.80. The number of benzene rings is 2. The van der Waals surface area contributed by atoms with E-state index in [1.165, 1.54) is 15.3 Å². The molecule has 1 aliphatic rings. The van der Waals surface area contributed by atoms with Crippen LogP contribution in [0.25, 0.3) is 11.1 Å². The molecule has 10 nitrogen and oxygen atoms in total. The van der Waals surface area contributed by atoms with Crippen molar-refractivity contribution in [3.05, 3.63) is 78.1 Å². The first-order valence-electron chi connectivity index (χ1n) is 13.8. The third-order valence-corrected chi connectivity index (χ3v) is 9.47. The topological polar surface area (TPSA) is 120 Å². The molecule has 0 saturated carbocycles. The molecule has 3 atom stereocenters. The van der Waals surface area contributed by atoms with Gasteiger partial charge in [-0.1, -0.05) is 31.2 Å². The summed E-state index contributed by atoms with van der Waals surface area (Å²) in [5.41, 5.74) is 2.55. The molecule has 0 radical (unpaired) electrons. The van der Waals surface area contributed by atoms with Gasteiger partial charge in [-0.2, -0.15) is 4.31 Å². The van der Waals surface area contributed by atoms with Crippen LogP contribution in [0.3, 0.4) is 0 Å². The Labute approximate surface area is 247 Å². The van der Waals surface area contributed by atoms with Gasteiger partial charge in [0.05, 0.1) is 19.6 Å². The van der Waals surface area contributed by atoms with Crippen molar-refractivity contribution in [3.63, 3.8) is 0 Å². The molecule has 0 unspecified atom stereocenters. The number of aliphatic hydroxyl groups is 1. The SMILES string of the molecule is C[C@@H]1CN([C@@H](C)CO)S(=O)(=O)c2ccc(-c3cccc(C(=O)N(C)C)c3)cc2O[C@H]1CN(C)C(=O)Cc1ccccn1. The molecule has 42 heavy (non-hydrogen) atoms. The largest absolute Gasteiger partial charge is 0.487 e. The van der Waals surface area contributed by atoms with Gasteiger partial charge in [-0.15, -0.1) is 0 Å². The van der Waals surface area contributed by atoms with Gasteiger partial charge >= 0.3 is 0 Å². The average molecular weight is 595 g/mol. The van der Waals surface area contributed by atoms with E-state index in [1.54, 1.807) is 81.6 Å². The van der Waals surface area contributed by atoms with Crippen LogP contribution in [0, 0.1) is 5.92 Å². The molecule has 1 aromatic heterocycles. The fourth-order valence-corrected chi connectivity index (χ4v) is 6.70. The summed E-state index contributed by atoms with van der Waals surface area (Å²) in [4.78, 5) is 32.9. The van der Waals surface area contributed by atoms with Gasteiger partial charge in [0.25, 0.3) is 5.91 Å². The van der Waals surface area contributed by atoms with Gasteiger partial charge in [0.1, 0.15) is 16.7 Å². The number of ether oxygens (including phenoxy) is 1. The predicted molar refractivity (Wildman–Crippen MR) is 159 cm³/mol. The van der Waals surface area contributed by atoms with Gasteiger partial charge in [0, 0.05) is 57.1 Å². The molecule has 1 N–H and O–H groups in total. The number of sulfonamides is 1. The second-order valence-corrected chi connectivity index (χ2v) is 12.8. The highest BCUT2D eigenvalue weighted by Gasteiger charge is 2.38. The summed E-state index contributed by atoms with van der Waals surface area (Å²) in [6.07, 6.45) is 1.21. The Hall–Kier alpha value is -3.80. The maximum absolute atomic E-state index is 13.8. The van der Waals surface area contributed by atoms with Gasteiger partial charge in [-0.25, -0.2) is 8.42 Å². The second-order valence-electron chi connectivity index (χ2n) is 11.0. The van der Waals surface area contributed by atoms with Crippen LogP contribution < -0.4 is 4.74 Å². The van der Waals surface area contributed by atoms with E-state index in [0.29, 0.717) is 16.8 Å². The van der Waals surface area contributed by atoms with E-state index in [1.807, 2.05) is 19.1 Å². The summed E-state index contributed by atoms with van der Waals surface area (Å²) in [7, 11) is 1.02. The number of aromatic nitrogens is 1. The van der Waals surface area contributed by atoms with Crippen molar-refractivity contribution in [3.8, 4) is 16.9 Å². The smallest absolute Gasteiger partial charge is 0.253 e. The van der Waals surface area contributed by atoms with Crippen molar-refractivity contribution in [2.45, 2.75) is 37.3 Å². The standard InChI is InChI=1S/C31H38N4O6S/c1-21-18-35(22(2)20-36)42(39,40)29-13-12-24(23-9-8-10-25(15-23)31(38)33(3)4)16-27(29)41-28(21)19-34(5)30(37)17-26-11-6-7-14-32-26/h6-16,21-22,28,36H,17-20H2,1-5H3/t21-,22+,28+/m1/s1. The van der Waals surface area contributed by atoms with Crippen LogP contribution in [-0.4, -0.2) is 97.4 Å². The second kappa shape index (κ2) is 13.0. The summed E-state index contributed by atoms with van der Waals surface area (Å²) >= 11 is 0. The lowest BCUT2D eigenvalue weighted by Gasteiger charge is -2.37. The first-order chi connectivity index (χ1) is 19.9. The van der Waals surface area contributed by atoms with Gasteiger partial charge in [-0.05, 0) is 54.4 Å². The van der Waals surface area contributed by atoms with Crippen LogP contribution in [0.2, 0.25) is 0 Å². The van der Waals surface area contributed by atoms with Crippen molar-refractivity contribution in [1.82, 2.24) is 19.1 Å². The number of nitrogens with zero attached hydrogens (tertiary/aromatic N) is 4. The Morgan fingerprint density at radius 3 is 2.48 bits per heavy atom. The lowest BCUT2D eigenvalue weighted by molar-refractivity contribution is -0.130. The monoisotopic (exact) mass is 594 g/mol. The fourth-order valence-electron chi connectivity index (χ4n) is 4.88. The predicted octanol–water partition coefficient (Wildman–Crippen LogP) is 2.92. The zero-order chi connectivity index (χ0) is 30.6. The molecule has 2 aromatic carbocycles. The lowest BCUT2D eigenvalue weighted by atomic mass is 10.0. The first kappa shape index (κ1) is 31.1. The normalized spacial score (nSPS) is 19.0. The van der Waals surface area contributed by atoms with Gasteiger partial charge in [0.2, 0.25) is 15.9 Å². The average Bonchev–Trinajstić information content (AvgIpc) is 2.98. The van der Waals surface area contributed by atoms with Crippen LogP contribution in [-0.2, 0) is 21.2 Å². The molecule has 2 amide bonds. The van der Waals surface area contributed by atoms with Crippen LogP contribution in [0.1, 0.15) is 29.9 Å². The van der Waals surface area contributed by atoms with Crippen LogP contribution in [0.15, 0.2) is 71.8 Å². The number of pyridine rings is 1. The van der Waals surface area contributed by atoms with Crippen molar-refractivity contribution in [2.24, 2.45) is 5.92 Å². The van der Waals surface area contributed by atoms with Crippen molar-refractivity contribution >= 4 is 21.8 Å². The molecule has 0 spiro atoms. The fraction of sp³-hybridized carbons (Fsp3) is 0.387. The third-order valence-electron chi connectivity index (χ3n) is 7.45. The van der Waals surface area contributed by atoms with Crippen molar-refractivity contribution in [1.29, 1.82) is 0 Å². The first-order valence-corrected chi connectivity index (χ1v) is 15.3. The van der Waals surface area contributed by atoms with Crippen LogP contribution >= 0.6 is 0 Å². The molecule has 224 valence electrons. The van der Waals surface area contributed by atoms with Gasteiger partial charge in [-0.3, -0.25) is 14.6 Å². The van der Waals surface area contributed by atoms with Gasteiger partial charge in [0.15, 0.2) is 0 Å². The number of likely N-dealkylation sites (N-methyl/N-ethyl adjacent to an activating group) is 1. The molecule has 11 heteroatoms. The minimum absolute atomic E-state index is 0.0218. The van der Waals surface area contributed by atoms with Crippen molar-refractivity contribution < 1.29 is 27.9 Å². The summed E-state index contributed by atoms with van der Waals surface area (Å²) in [6, 6.07) is 16.7. The minimum Gasteiger partial charge on any atom is -0.487 e. The minimum atomic E-state index is -4.03. The van der Waals surface area contributed by atoms with Crippen molar-refractivity contribution in [2.75, 3.05) is 40.8 Å². The highest BCUT2D eigenvalue weighted by molar-refractivity contribution is 7.89. The molecule has 0 fully saturated rings. The molecular weight excluding hydrogens is 556 g/mol. The Balaban J connectivity index is 1.72. The highest BCUT2D eigenvalue weighted by atomic mass is 32.2. The maximum Gasteiger partial charge on any atom is 0.253 e. The Kier molecular flexibility index (Phi) is 9.65. The summed E-state index contributed by atoms with van der Waals surface area (Å²) in [5, 5.41) is 9.92. The van der Waals surface area contributed by atoms with Crippen LogP contribution in [0.4, 0.5) is 0 Å². The summed E-state index contributed by atoms with van der Waals surface area (Å²) < 4.78 is 35.4. The highest BCUT2D eigenvalue weighted by Crippen LogP contribution is 2.37. The lowest BCUT2D eigenvalue weighted by Crippen LogP contribution is -2.50. The Morgan fingerprint density at radius 2 is 1.81 bits per heavy atom. The zero-order valence-electron chi connectivity index (χ0n) is 24.6. The number of carbonyl (C=O) groups is 2. The molecule has 1 aliphatic heterocycles. The van der Waals surface area contributed by atoms with E-state index in [9.17, 15) is 23.1 Å². The molecule has 4 rings (SSSR count). The number of rotatable bonds is 8. The number of hydrogen-bond donors (Lipinski definition) is 1. The molecule has 0 aliphatic carbocycles. The summed E-state index contributed by atoms with van der Waals surface area (Å²) in [6.45, 7) is 3.50. The number of hydrogen-bond acceptors (Lipinski definition) is 7. The summed E-state index contributed by atoms with van der Waals surface area (Å²) in [5.74, 6) is -0.468. The molecular formula is C31H38N4O6S. The number of fused-ring (bicyclic) bond motifs is 1. The quantitative estimate of drug-likeness (QED) is 0.426. The van der Waals surface area contributed by atoms with E-state index < -0.39 is 22.2 Å². The maximum atomic E-state index is 13.8. The van der Waals surface area contributed by atoms with Gasteiger partial charge < -0.3 is 19.6 Å². The van der Waals surface area contributed by atoms with E-state index in [0.717, 1.165) is 5.56 Å². The molecule has 2 heterocycles. The van der Waals surface area contributed by atoms with E-state index in [4.69, 9.17) is 4.74 Å². The number of aliphatic hydroxyl groups excluding tert-OH is 1. The number of amides is 2. The van der Waals surface area contributed by atoms with Crippen LogP contribution in [0.5, 0.6) is 5.75 Å². The van der Waals surface area contributed by atoms with E-state index >= 15 is 0 Å². The molecule has 3 aromatic rings. The van der Waals surface area contributed by atoms with E-state index in [-0.39, 0.29) is 54.5 Å². The van der Waals surface area contributed by atoms with E-state index in [2.05, 4.69) is 4.98 Å². The zero-order valence-corrected chi connectivity index (χ0v) is 25.4. The number of carbonyl (C=O) groups excluding carboxylic acids is 2. The molecule has 0 bridgehead atoms. The Morgan fingerprint density at radius 1 is 1.07 bits per heavy atom. The Bertz CT molecular complexity index is 1530. The molecule has 0 saturated heterocycles.